The van der Waals surface area contributed by atoms with Crippen molar-refractivity contribution in [2.75, 3.05) is 11.5 Å². The van der Waals surface area contributed by atoms with E-state index in [1.54, 1.807) is 11.3 Å². The standard InChI is InChI=1S/C11H17NO2S2/c1-8-2-4-15-11(8)10(12)6-9-3-5-16(13,14)7-9/h2,4,9-10H,3,5-7,12H2,1H3. The number of rotatable bonds is 3. The number of hydrogen-bond acceptors (Lipinski definition) is 4. The van der Waals surface area contributed by atoms with Gasteiger partial charge >= 0.3 is 0 Å². The second kappa shape index (κ2) is 4.47. The summed E-state index contributed by atoms with van der Waals surface area (Å²) < 4.78 is 22.7. The second-order valence-corrected chi connectivity index (χ2v) is 7.76. The van der Waals surface area contributed by atoms with Gasteiger partial charge < -0.3 is 5.73 Å². The van der Waals surface area contributed by atoms with Crippen LogP contribution >= 0.6 is 11.3 Å². The van der Waals surface area contributed by atoms with Crippen LogP contribution in [0.5, 0.6) is 0 Å². The molecule has 2 atom stereocenters. The summed E-state index contributed by atoms with van der Waals surface area (Å²) in [6.07, 6.45) is 1.57. The minimum Gasteiger partial charge on any atom is -0.323 e. The van der Waals surface area contributed by atoms with E-state index in [1.807, 2.05) is 5.38 Å². The first kappa shape index (κ1) is 12.1. The fraction of sp³-hybridized carbons (Fsp3) is 0.636. The van der Waals surface area contributed by atoms with Crippen LogP contribution in [0.4, 0.5) is 0 Å². The maximum atomic E-state index is 11.3. The summed E-state index contributed by atoms with van der Waals surface area (Å²) in [6.45, 7) is 2.05. The lowest BCUT2D eigenvalue weighted by atomic mass is 9.98. The molecule has 1 saturated heterocycles. The molecule has 2 N–H and O–H groups in total. The van der Waals surface area contributed by atoms with Crippen LogP contribution < -0.4 is 5.73 Å². The van der Waals surface area contributed by atoms with E-state index in [1.165, 1.54) is 10.4 Å². The Hall–Kier alpha value is -0.390. The highest BCUT2D eigenvalue weighted by Crippen LogP contribution is 2.31. The van der Waals surface area contributed by atoms with Crippen molar-refractivity contribution in [2.45, 2.75) is 25.8 Å². The van der Waals surface area contributed by atoms with Gasteiger partial charge in [0.2, 0.25) is 0 Å². The van der Waals surface area contributed by atoms with Crippen molar-refractivity contribution in [2.24, 2.45) is 11.7 Å². The molecule has 2 rings (SSSR count). The van der Waals surface area contributed by atoms with E-state index in [9.17, 15) is 8.42 Å². The summed E-state index contributed by atoms with van der Waals surface area (Å²) in [5, 5.41) is 2.04. The van der Waals surface area contributed by atoms with Crippen LogP contribution in [-0.2, 0) is 9.84 Å². The van der Waals surface area contributed by atoms with Crippen molar-refractivity contribution in [1.29, 1.82) is 0 Å². The molecule has 5 heteroatoms. The minimum atomic E-state index is -2.77. The lowest BCUT2D eigenvalue weighted by Gasteiger charge is -2.15. The van der Waals surface area contributed by atoms with Crippen molar-refractivity contribution in [1.82, 2.24) is 0 Å². The van der Waals surface area contributed by atoms with Crippen molar-refractivity contribution in [3.8, 4) is 0 Å². The molecule has 0 amide bonds. The lowest BCUT2D eigenvalue weighted by molar-refractivity contribution is 0.484. The summed E-state index contributed by atoms with van der Waals surface area (Å²) >= 11 is 1.67. The molecular weight excluding hydrogens is 242 g/mol. The maximum Gasteiger partial charge on any atom is 0.150 e. The van der Waals surface area contributed by atoms with E-state index in [0.29, 0.717) is 11.5 Å². The number of thiophene rings is 1. The van der Waals surface area contributed by atoms with E-state index in [-0.39, 0.29) is 12.0 Å². The van der Waals surface area contributed by atoms with Gasteiger partial charge in [-0.15, -0.1) is 11.3 Å². The SMILES string of the molecule is Cc1ccsc1C(N)CC1CCS(=O)(=O)C1. The molecule has 0 spiro atoms. The van der Waals surface area contributed by atoms with E-state index in [0.717, 1.165) is 12.8 Å². The first-order chi connectivity index (χ1) is 7.48. The molecule has 0 aromatic carbocycles. The van der Waals surface area contributed by atoms with Crippen molar-refractivity contribution in [3.63, 3.8) is 0 Å². The molecule has 1 fully saturated rings. The minimum absolute atomic E-state index is 0.00157. The molecule has 0 radical (unpaired) electrons. The monoisotopic (exact) mass is 259 g/mol. The Labute approximate surface area is 101 Å². The summed E-state index contributed by atoms with van der Waals surface area (Å²) in [5.41, 5.74) is 7.34. The Kier molecular flexibility index (Phi) is 3.37. The summed E-state index contributed by atoms with van der Waals surface area (Å²) in [6, 6.07) is 2.06. The lowest BCUT2D eigenvalue weighted by Crippen LogP contribution is -2.16. The fourth-order valence-electron chi connectivity index (χ4n) is 2.29. The maximum absolute atomic E-state index is 11.3. The summed E-state index contributed by atoms with van der Waals surface area (Å²) in [4.78, 5) is 1.20. The van der Waals surface area contributed by atoms with Crippen LogP contribution in [0.15, 0.2) is 11.4 Å². The third-order valence-electron chi connectivity index (χ3n) is 3.15. The molecule has 2 heterocycles. The van der Waals surface area contributed by atoms with Crippen molar-refractivity contribution >= 4 is 21.2 Å². The number of nitrogens with two attached hydrogens (primary N) is 1. The third kappa shape index (κ3) is 2.64. The predicted molar refractivity (Wildman–Crippen MR) is 67.4 cm³/mol. The topological polar surface area (TPSA) is 60.2 Å². The van der Waals surface area contributed by atoms with E-state index < -0.39 is 9.84 Å². The second-order valence-electron chi connectivity index (χ2n) is 4.58. The van der Waals surface area contributed by atoms with Crippen LogP contribution in [0.3, 0.4) is 0 Å². The molecular formula is C11H17NO2S2. The van der Waals surface area contributed by atoms with Gasteiger partial charge in [0.05, 0.1) is 11.5 Å². The highest BCUT2D eigenvalue weighted by molar-refractivity contribution is 7.91. The van der Waals surface area contributed by atoms with E-state index >= 15 is 0 Å². The average molecular weight is 259 g/mol. The molecule has 0 bridgehead atoms. The van der Waals surface area contributed by atoms with Gasteiger partial charge in [-0.3, -0.25) is 0 Å². The number of sulfone groups is 1. The zero-order chi connectivity index (χ0) is 11.8. The average Bonchev–Trinajstić information content (AvgIpc) is 2.72. The zero-order valence-corrected chi connectivity index (χ0v) is 11.0. The van der Waals surface area contributed by atoms with Gasteiger partial charge in [0.1, 0.15) is 0 Å². The normalized spacial score (nSPS) is 25.8. The Bertz CT molecular complexity index is 464. The molecule has 1 aromatic rings. The fourth-order valence-corrected chi connectivity index (χ4v) is 5.11. The van der Waals surface area contributed by atoms with Crippen LogP contribution in [0.1, 0.15) is 29.3 Å². The quantitative estimate of drug-likeness (QED) is 0.901. The molecule has 90 valence electrons. The van der Waals surface area contributed by atoms with Crippen LogP contribution in [0.25, 0.3) is 0 Å². The van der Waals surface area contributed by atoms with Crippen LogP contribution in [-0.4, -0.2) is 19.9 Å². The van der Waals surface area contributed by atoms with E-state index in [4.69, 9.17) is 5.73 Å². The number of aryl methyl sites for hydroxylation is 1. The molecule has 16 heavy (non-hydrogen) atoms. The predicted octanol–water partition coefficient (Wildman–Crippen LogP) is 1.88. The van der Waals surface area contributed by atoms with Crippen LogP contribution in [0.2, 0.25) is 0 Å². The molecule has 2 unspecified atom stereocenters. The summed E-state index contributed by atoms with van der Waals surface area (Å²) in [7, 11) is -2.77. The van der Waals surface area contributed by atoms with Gasteiger partial charge in [-0.2, -0.15) is 0 Å². The smallest absolute Gasteiger partial charge is 0.150 e. The Morgan fingerprint density at radius 1 is 1.62 bits per heavy atom. The van der Waals surface area contributed by atoms with Crippen LogP contribution in [0, 0.1) is 12.8 Å². The summed E-state index contributed by atoms with van der Waals surface area (Å²) in [5.74, 6) is 0.917. The van der Waals surface area contributed by atoms with Gasteiger partial charge in [0.15, 0.2) is 9.84 Å². The Morgan fingerprint density at radius 2 is 2.38 bits per heavy atom. The molecule has 1 aliphatic heterocycles. The highest BCUT2D eigenvalue weighted by Gasteiger charge is 2.29. The Morgan fingerprint density at radius 3 is 2.88 bits per heavy atom. The van der Waals surface area contributed by atoms with Gasteiger partial charge in [-0.25, -0.2) is 8.42 Å². The Balaban J connectivity index is 1.99. The van der Waals surface area contributed by atoms with Gasteiger partial charge in [-0.05, 0) is 42.7 Å². The highest BCUT2D eigenvalue weighted by atomic mass is 32.2. The van der Waals surface area contributed by atoms with Crippen molar-refractivity contribution in [3.05, 3.63) is 21.9 Å². The largest absolute Gasteiger partial charge is 0.323 e. The first-order valence-electron chi connectivity index (χ1n) is 5.48. The molecule has 3 nitrogen and oxygen atoms in total. The zero-order valence-electron chi connectivity index (χ0n) is 9.35. The molecule has 0 aliphatic carbocycles. The van der Waals surface area contributed by atoms with Gasteiger partial charge in [0.25, 0.3) is 0 Å². The third-order valence-corrected chi connectivity index (χ3v) is 6.14. The van der Waals surface area contributed by atoms with E-state index in [2.05, 4.69) is 13.0 Å². The number of hydrogen-bond donors (Lipinski definition) is 1. The molecule has 1 aliphatic rings. The van der Waals surface area contributed by atoms with Gasteiger partial charge in [-0.1, -0.05) is 0 Å². The molecule has 1 aromatic heterocycles. The van der Waals surface area contributed by atoms with Crippen molar-refractivity contribution < 1.29 is 8.42 Å². The van der Waals surface area contributed by atoms with Gasteiger partial charge in [0, 0.05) is 10.9 Å². The molecule has 0 saturated carbocycles. The first-order valence-corrected chi connectivity index (χ1v) is 8.18.